The van der Waals surface area contributed by atoms with Crippen molar-refractivity contribution in [2.24, 2.45) is 23.2 Å². The predicted molar refractivity (Wildman–Crippen MR) is 84.8 cm³/mol. The van der Waals surface area contributed by atoms with Gasteiger partial charge in [-0.3, -0.25) is 4.79 Å². The number of carbonyl (C=O) groups excluding carboxylic acids is 1. The Bertz CT molecular complexity index is 558. The summed E-state index contributed by atoms with van der Waals surface area (Å²) in [6, 6.07) is 5.84. The Balaban J connectivity index is 1.59. The second kappa shape index (κ2) is 4.49. The van der Waals surface area contributed by atoms with Gasteiger partial charge in [0.1, 0.15) is 0 Å². The molecule has 21 heavy (non-hydrogen) atoms. The molecule has 3 N–H and O–H groups in total. The fourth-order valence-electron chi connectivity index (χ4n) is 5.42. The molecule has 4 aliphatic carbocycles. The molecule has 4 aliphatic rings. The Morgan fingerprint density at radius 2 is 1.71 bits per heavy atom. The van der Waals surface area contributed by atoms with Gasteiger partial charge in [-0.25, -0.2) is 0 Å². The highest BCUT2D eigenvalue weighted by Crippen LogP contribution is 2.60. The second-order valence-corrected chi connectivity index (χ2v) is 7.74. The van der Waals surface area contributed by atoms with Crippen LogP contribution in [0.2, 0.25) is 0 Å². The minimum absolute atomic E-state index is 0.106. The van der Waals surface area contributed by atoms with Crippen molar-refractivity contribution in [2.75, 3.05) is 11.1 Å². The third-order valence-corrected chi connectivity index (χ3v) is 5.98. The summed E-state index contributed by atoms with van der Waals surface area (Å²) in [7, 11) is 0. The lowest BCUT2D eigenvalue weighted by Crippen LogP contribution is -2.51. The zero-order chi connectivity index (χ0) is 14.6. The number of anilines is 2. The maximum atomic E-state index is 13.0. The number of hydrogen-bond acceptors (Lipinski definition) is 2. The van der Waals surface area contributed by atoms with Gasteiger partial charge in [0.05, 0.1) is 16.8 Å². The fraction of sp³-hybridized carbons (Fsp3) is 0.611. The molecule has 4 saturated carbocycles. The number of amides is 1. The van der Waals surface area contributed by atoms with E-state index in [4.69, 9.17) is 5.73 Å². The van der Waals surface area contributed by atoms with Crippen LogP contribution in [0, 0.1) is 30.1 Å². The van der Waals surface area contributed by atoms with Crippen LogP contribution >= 0.6 is 0 Å². The molecule has 1 aromatic rings. The van der Waals surface area contributed by atoms with Crippen LogP contribution in [0.25, 0.3) is 0 Å². The summed E-state index contributed by atoms with van der Waals surface area (Å²) < 4.78 is 0. The Kier molecular flexibility index (Phi) is 2.82. The number of nitrogens with one attached hydrogen (secondary N) is 1. The lowest BCUT2D eigenvalue weighted by atomic mass is 9.49. The Morgan fingerprint density at radius 1 is 1.14 bits per heavy atom. The molecule has 112 valence electrons. The van der Waals surface area contributed by atoms with Crippen LogP contribution in [0.15, 0.2) is 18.2 Å². The highest BCUT2D eigenvalue weighted by Gasteiger charge is 2.54. The molecule has 1 aromatic carbocycles. The number of nitrogen functional groups attached to an aromatic ring is 1. The van der Waals surface area contributed by atoms with E-state index in [0.29, 0.717) is 5.69 Å². The first-order valence-electron chi connectivity index (χ1n) is 8.22. The van der Waals surface area contributed by atoms with Crippen LogP contribution in [-0.2, 0) is 4.79 Å². The Morgan fingerprint density at radius 3 is 2.29 bits per heavy atom. The van der Waals surface area contributed by atoms with E-state index < -0.39 is 0 Å². The van der Waals surface area contributed by atoms with Crippen LogP contribution in [0.1, 0.15) is 44.1 Å². The molecule has 3 heteroatoms. The number of nitrogens with two attached hydrogens (primary N) is 1. The summed E-state index contributed by atoms with van der Waals surface area (Å²) in [5.74, 6) is 2.59. The van der Waals surface area contributed by atoms with Gasteiger partial charge in [0.2, 0.25) is 5.91 Å². The van der Waals surface area contributed by atoms with Crippen LogP contribution in [-0.4, -0.2) is 5.91 Å². The smallest absolute Gasteiger partial charge is 0.230 e. The molecular weight excluding hydrogens is 260 g/mol. The van der Waals surface area contributed by atoms with E-state index >= 15 is 0 Å². The minimum atomic E-state index is -0.106. The van der Waals surface area contributed by atoms with E-state index in [2.05, 4.69) is 5.32 Å². The molecule has 0 aliphatic heterocycles. The molecule has 0 atom stereocenters. The molecule has 0 aromatic heterocycles. The molecule has 4 fully saturated rings. The van der Waals surface area contributed by atoms with Crippen molar-refractivity contribution < 1.29 is 4.79 Å². The molecule has 3 nitrogen and oxygen atoms in total. The van der Waals surface area contributed by atoms with E-state index in [0.717, 1.165) is 48.3 Å². The van der Waals surface area contributed by atoms with Gasteiger partial charge >= 0.3 is 0 Å². The van der Waals surface area contributed by atoms with Crippen molar-refractivity contribution in [1.29, 1.82) is 0 Å². The molecular formula is C18H24N2O. The summed E-state index contributed by atoms with van der Waals surface area (Å²) in [6.45, 7) is 2.03. The summed E-state index contributed by atoms with van der Waals surface area (Å²) in [5.41, 5.74) is 8.49. The molecule has 0 unspecified atom stereocenters. The maximum Gasteiger partial charge on any atom is 0.230 e. The van der Waals surface area contributed by atoms with Gasteiger partial charge in [-0.05, 0) is 80.9 Å². The summed E-state index contributed by atoms with van der Waals surface area (Å²) in [4.78, 5) is 13.0. The third kappa shape index (κ3) is 2.14. The minimum Gasteiger partial charge on any atom is -0.397 e. The van der Waals surface area contributed by atoms with Gasteiger partial charge in [0.25, 0.3) is 0 Å². The van der Waals surface area contributed by atoms with Crippen LogP contribution in [0.5, 0.6) is 0 Å². The average Bonchev–Trinajstić information content (AvgIpc) is 2.41. The fourth-order valence-corrected chi connectivity index (χ4v) is 5.42. The van der Waals surface area contributed by atoms with E-state index in [9.17, 15) is 4.79 Å². The van der Waals surface area contributed by atoms with E-state index in [-0.39, 0.29) is 11.3 Å². The van der Waals surface area contributed by atoms with Crippen molar-refractivity contribution >= 4 is 17.3 Å². The van der Waals surface area contributed by atoms with Crippen molar-refractivity contribution in [3.8, 4) is 0 Å². The van der Waals surface area contributed by atoms with E-state index in [1.165, 1.54) is 19.3 Å². The zero-order valence-electron chi connectivity index (χ0n) is 12.7. The number of aryl methyl sites for hydroxylation is 1. The van der Waals surface area contributed by atoms with Gasteiger partial charge in [-0.2, -0.15) is 0 Å². The summed E-state index contributed by atoms with van der Waals surface area (Å²) in [5, 5.41) is 3.14. The van der Waals surface area contributed by atoms with Crippen LogP contribution in [0.4, 0.5) is 11.4 Å². The molecule has 0 spiro atoms. The first-order chi connectivity index (χ1) is 10.0. The largest absolute Gasteiger partial charge is 0.397 e. The SMILES string of the molecule is Cc1ccc(N)c(NC(=O)C23CC4CC(CC(C4)C2)C3)c1. The van der Waals surface area contributed by atoms with Gasteiger partial charge in [-0.15, -0.1) is 0 Å². The van der Waals surface area contributed by atoms with E-state index in [1.54, 1.807) is 0 Å². The number of benzene rings is 1. The average molecular weight is 284 g/mol. The maximum absolute atomic E-state index is 13.0. The monoisotopic (exact) mass is 284 g/mol. The van der Waals surface area contributed by atoms with Gasteiger partial charge in [0, 0.05) is 0 Å². The highest BCUT2D eigenvalue weighted by molar-refractivity contribution is 5.98. The Labute approximate surface area is 126 Å². The molecule has 0 saturated heterocycles. The highest BCUT2D eigenvalue weighted by atomic mass is 16.2. The standard InChI is InChI=1S/C18H24N2O/c1-11-2-3-15(19)16(4-11)20-17(21)18-8-12-5-13(9-18)7-14(6-12)10-18/h2-4,12-14H,5-10,19H2,1H3,(H,20,21). The number of carbonyl (C=O) groups is 1. The predicted octanol–water partition coefficient (Wildman–Crippen LogP) is 3.73. The lowest BCUT2D eigenvalue weighted by Gasteiger charge is -2.55. The van der Waals surface area contributed by atoms with Crippen molar-refractivity contribution in [3.05, 3.63) is 23.8 Å². The van der Waals surface area contributed by atoms with Crippen molar-refractivity contribution in [3.63, 3.8) is 0 Å². The second-order valence-electron chi connectivity index (χ2n) is 7.74. The molecule has 4 bridgehead atoms. The summed E-state index contributed by atoms with van der Waals surface area (Å²) in [6.07, 6.45) is 7.36. The number of hydrogen-bond donors (Lipinski definition) is 2. The topological polar surface area (TPSA) is 55.1 Å². The van der Waals surface area contributed by atoms with Gasteiger partial charge < -0.3 is 11.1 Å². The van der Waals surface area contributed by atoms with E-state index in [1.807, 2.05) is 25.1 Å². The number of rotatable bonds is 2. The quantitative estimate of drug-likeness (QED) is 0.813. The zero-order valence-corrected chi connectivity index (χ0v) is 12.7. The third-order valence-electron chi connectivity index (χ3n) is 5.98. The summed E-state index contributed by atoms with van der Waals surface area (Å²) >= 11 is 0. The van der Waals surface area contributed by atoms with Gasteiger partial charge in [0.15, 0.2) is 0 Å². The van der Waals surface area contributed by atoms with Crippen LogP contribution < -0.4 is 11.1 Å². The normalized spacial score (nSPS) is 36.7. The first-order valence-corrected chi connectivity index (χ1v) is 8.22. The van der Waals surface area contributed by atoms with Crippen molar-refractivity contribution in [1.82, 2.24) is 0 Å². The molecule has 0 radical (unpaired) electrons. The molecule has 0 heterocycles. The Hall–Kier alpha value is -1.51. The lowest BCUT2D eigenvalue weighted by molar-refractivity contribution is -0.140. The van der Waals surface area contributed by atoms with Crippen molar-refractivity contribution in [2.45, 2.75) is 45.4 Å². The first kappa shape index (κ1) is 13.2. The van der Waals surface area contributed by atoms with Gasteiger partial charge in [-0.1, -0.05) is 6.07 Å². The molecule has 1 amide bonds. The molecule has 5 rings (SSSR count). The van der Waals surface area contributed by atoms with Crippen LogP contribution in [0.3, 0.4) is 0 Å².